The second-order valence-electron chi connectivity index (χ2n) is 5.92. The van der Waals surface area contributed by atoms with E-state index in [1.54, 1.807) is 0 Å². The number of aliphatic hydroxyl groups is 1. The van der Waals surface area contributed by atoms with Gasteiger partial charge in [0.1, 0.15) is 0 Å². The maximum absolute atomic E-state index is 9.28. The summed E-state index contributed by atoms with van der Waals surface area (Å²) >= 11 is 0. The fourth-order valence-corrected chi connectivity index (χ4v) is 2.15. The molecule has 2 unspecified atom stereocenters. The first-order valence-electron chi connectivity index (χ1n) is 7.99. The molecule has 19 heavy (non-hydrogen) atoms. The van der Waals surface area contributed by atoms with E-state index in [9.17, 15) is 5.11 Å². The van der Waals surface area contributed by atoms with Crippen LogP contribution in [0.4, 0.5) is 0 Å². The third-order valence-corrected chi connectivity index (χ3v) is 4.12. The van der Waals surface area contributed by atoms with Gasteiger partial charge in [-0.25, -0.2) is 0 Å². The highest BCUT2D eigenvalue weighted by atomic mass is 16.5. The minimum Gasteiger partial charge on any atom is -0.394 e. The number of aliphatic hydroxyl groups excluding tert-OH is 1. The van der Waals surface area contributed by atoms with E-state index >= 15 is 0 Å². The van der Waals surface area contributed by atoms with E-state index in [2.05, 4.69) is 26.1 Å². The first-order valence-corrected chi connectivity index (χ1v) is 7.99. The van der Waals surface area contributed by atoms with Crippen molar-refractivity contribution in [2.75, 3.05) is 26.9 Å². The van der Waals surface area contributed by atoms with Gasteiger partial charge in [0.2, 0.25) is 0 Å². The van der Waals surface area contributed by atoms with E-state index in [4.69, 9.17) is 4.74 Å². The topological polar surface area (TPSA) is 41.5 Å². The molecule has 0 bridgehead atoms. The van der Waals surface area contributed by atoms with Gasteiger partial charge in [0, 0.05) is 18.8 Å². The number of hydrogen-bond acceptors (Lipinski definition) is 3. The maximum Gasteiger partial charge on any atom is 0.0610 e. The van der Waals surface area contributed by atoms with Gasteiger partial charge in [-0.2, -0.15) is 0 Å². The van der Waals surface area contributed by atoms with Gasteiger partial charge in [0.25, 0.3) is 0 Å². The quantitative estimate of drug-likeness (QED) is 0.506. The predicted molar refractivity (Wildman–Crippen MR) is 82.5 cm³/mol. The molecule has 2 atom stereocenters. The molecule has 0 saturated heterocycles. The van der Waals surface area contributed by atoms with E-state index < -0.39 is 0 Å². The van der Waals surface area contributed by atoms with E-state index in [1.165, 1.54) is 25.7 Å². The van der Waals surface area contributed by atoms with Crippen LogP contribution in [-0.4, -0.2) is 37.5 Å². The molecule has 0 radical (unpaired) electrons. The van der Waals surface area contributed by atoms with Crippen LogP contribution in [0.25, 0.3) is 0 Å². The standard InChI is InChI=1S/C16H35NO2/c1-5-7-10-15(6-2)13-19-12-9-8-11-16(3,14-18)17-4/h15,17-18H,5-14H2,1-4H3. The van der Waals surface area contributed by atoms with Crippen LogP contribution in [0.15, 0.2) is 0 Å². The molecule has 0 aromatic rings. The van der Waals surface area contributed by atoms with Crippen LogP contribution < -0.4 is 5.32 Å². The van der Waals surface area contributed by atoms with Crippen LogP contribution >= 0.6 is 0 Å². The predicted octanol–water partition coefficient (Wildman–Crippen LogP) is 3.36. The van der Waals surface area contributed by atoms with Gasteiger partial charge in [-0.1, -0.05) is 33.1 Å². The molecular formula is C16H35NO2. The number of ether oxygens (including phenoxy) is 1. The van der Waals surface area contributed by atoms with Crippen molar-refractivity contribution in [2.45, 2.75) is 71.3 Å². The van der Waals surface area contributed by atoms with Crippen molar-refractivity contribution in [2.24, 2.45) is 5.92 Å². The molecular weight excluding hydrogens is 238 g/mol. The second-order valence-corrected chi connectivity index (χ2v) is 5.92. The summed E-state index contributed by atoms with van der Waals surface area (Å²) in [5, 5.41) is 12.5. The molecule has 0 saturated carbocycles. The summed E-state index contributed by atoms with van der Waals surface area (Å²) in [5.74, 6) is 0.736. The summed E-state index contributed by atoms with van der Waals surface area (Å²) in [6.07, 6.45) is 8.30. The van der Waals surface area contributed by atoms with Crippen molar-refractivity contribution in [3.05, 3.63) is 0 Å². The third-order valence-electron chi connectivity index (χ3n) is 4.12. The Hall–Kier alpha value is -0.120. The Kier molecular flexibility index (Phi) is 11.6. The first-order chi connectivity index (χ1) is 9.11. The lowest BCUT2D eigenvalue weighted by molar-refractivity contribution is 0.0879. The van der Waals surface area contributed by atoms with Gasteiger partial charge in [-0.05, 0) is 45.6 Å². The molecule has 3 heteroatoms. The molecule has 0 amide bonds. The second kappa shape index (κ2) is 11.7. The number of likely N-dealkylation sites (N-methyl/N-ethyl adjacent to an activating group) is 1. The molecule has 0 aromatic heterocycles. The highest BCUT2D eigenvalue weighted by Gasteiger charge is 2.19. The molecule has 3 nitrogen and oxygen atoms in total. The van der Waals surface area contributed by atoms with E-state index in [0.29, 0.717) is 0 Å². The highest BCUT2D eigenvalue weighted by molar-refractivity contribution is 4.79. The van der Waals surface area contributed by atoms with Gasteiger partial charge in [-0.15, -0.1) is 0 Å². The molecule has 0 spiro atoms. The Morgan fingerprint density at radius 2 is 1.95 bits per heavy atom. The maximum atomic E-state index is 9.28. The van der Waals surface area contributed by atoms with Crippen molar-refractivity contribution >= 4 is 0 Å². The van der Waals surface area contributed by atoms with Crippen molar-refractivity contribution in [3.8, 4) is 0 Å². The van der Waals surface area contributed by atoms with Gasteiger partial charge in [0.15, 0.2) is 0 Å². The minimum atomic E-state index is -0.132. The molecule has 2 N–H and O–H groups in total. The lowest BCUT2D eigenvalue weighted by atomic mass is 9.96. The number of nitrogens with one attached hydrogen (secondary N) is 1. The monoisotopic (exact) mass is 273 g/mol. The minimum absolute atomic E-state index is 0.132. The molecule has 0 aliphatic rings. The van der Waals surface area contributed by atoms with Crippen molar-refractivity contribution in [1.29, 1.82) is 0 Å². The van der Waals surface area contributed by atoms with Crippen LogP contribution in [0.2, 0.25) is 0 Å². The van der Waals surface area contributed by atoms with Gasteiger partial charge >= 0.3 is 0 Å². The summed E-state index contributed by atoms with van der Waals surface area (Å²) in [5.41, 5.74) is -0.132. The number of unbranched alkanes of at least 4 members (excludes halogenated alkanes) is 2. The summed E-state index contributed by atoms with van der Waals surface area (Å²) < 4.78 is 5.78. The Labute approximate surface area is 120 Å². The van der Waals surface area contributed by atoms with Crippen molar-refractivity contribution < 1.29 is 9.84 Å². The van der Waals surface area contributed by atoms with Gasteiger partial charge in [0.05, 0.1) is 6.61 Å². The smallest absolute Gasteiger partial charge is 0.0610 e. The summed E-state index contributed by atoms with van der Waals surface area (Å²) in [4.78, 5) is 0. The zero-order chi connectivity index (χ0) is 14.6. The summed E-state index contributed by atoms with van der Waals surface area (Å²) in [6, 6.07) is 0. The Morgan fingerprint density at radius 3 is 2.47 bits per heavy atom. The molecule has 0 aliphatic heterocycles. The lowest BCUT2D eigenvalue weighted by Gasteiger charge is -2.26. The fraction of sp³-hybridized carbons (Fsp3) is 1.00. The lowest BCUT2D eigenvalue weighted by Crippen LogP contribution is -2.43. The fourth-order valence-electron chi connectivity index (χ4n) is 2.15. The zero-order valence-corrected chi connectivity index (χ0v) is 13.5. The number of rotatable bonds is 13. The van der Waals surface area contributed by atoms with Crippen LogP contribution in [0, 0.1) is 5.92 Å². The average molecular weight is 273 g/mol. The van der Waals surface area contributed by atoms with Crippen LogP contribution in [0.3, 0.4) is 0 Å². The highest BCUT2D eigenvalue weighted by Crippen LogP contribution is 2.14. The van der Waals surface area contributed by atoms with Crippen LogP contribution in [-0.2, 0) is 4.74 Å². The normalized spacial score (nSPS) is 16.3. The van der Waals surface area contributed by atoms with E-state index in [-0.39, 0.29) is 12.1 Å². The molecule has 0 fully saturated rings. The van der Waals surface area contributed by atoms with E-state index in [0.717, 1.165) is 38.4 Å². The van der Waals surface area contributed by atoms with Crippen molar-refractivity contribution in [1.82, 2.24) is 5.32 Å². The SMILES string of the molecule is CCCCC(CC)COCCCCC(C)(CO)NC. The molecule has 0 aromatic carbocycles. The van der Waals surface area contributed by atoms with Gasteiger partial charge < -0.3 is 15.2 Å². The molecule has 116 valence electrons. The van der Waals surface area contributed by atoms with Gasteiger partial charge in [-0.3, -0.25) is 0 Å². The Morgan fingerprint density at radius 1 is 1.21 bits per heavy atom. The van der Waals surface area contributed by atoms with Crippen LogP contribution in [0.1, 0.15) is 65.7 Å². The third kappa shape index (κ3) is 9.42. The van der Waals surface area contributed by atoms with E-state index in [1.807, 2.05) is 7.05 Å². The zero-order valence-electron chi connectivity index (χ0n) is 13.5. The largest absolute Gasteiger partial charge is 0.394 e. The Bertz CT molecular complexity index is 193. The summed E-state index contributed by atoms with van der Waals surface area (Å²) in [6.45, 7) is 8.52. The number of hydrogen-bond donors (Lipinski definition) is 2. The average Bonchev–Trinajstić information content (AvgIpc) is 2.45. The Balaban J connectivity index is 3.53. The first kappa shape index (κ1) is 18.9. The molecule has 0 heterocycles. The van der Waals surface area contributed by atoms with Crippen molar-refractivity contribution in [3.63, 3.8) is 0 Å². The molecule has 0 rings (SSSR count). The van der Waals surface area contributed by atoms with Crippen LogP contribution in [0.5, 0.6) is 0 Å². The molecule has 0 aliphatic carbocycles. The summed E-state index contributed by atoms with van der Waals surface area (Å²) in [7, 11) is 1.91.